The van der Waals surface area contributed by atoms with Crippen LogP contribution in [0.25, 0.3) is 0 Å². The SMILES string of the molecule is COC(=O)C1=NN(c2ccccc2Cl)[C@H]2C(=O)N(c3ccc(Br)cc3)C(=O)[C@H]12. The second-order valence-corrected chi connectivity index (χ2v) is 7.51. The van der Waals surface area contributed by atoms with E-state index in [4.69, 9.17) is 16.3 Å². The van der Waals surface area contributed by atoms with E-state index in [2.05, 4.69) is 21.0 Å². The summed E-state index contributed by atoms with van der Waals surface area (Å²) < 4.78 is 5.59. The zero-order chi connectivity index (χ0) is 20.0. The molecule has 2 heterocycles. The number of carbonyl (C=O) groups is 3. The third-order valence-corrected chi connectivity index (χ3v) is 5.48. The highest BCUT2D eigenvalue weighted by Gasteiger charge is 2.59. The fourth-order valence-electron chi connectivity index (χ4n) is 3.37. The number of carbonyl (C=O) groups excluding carboxylic acids is 3. The van der Waals surface area contributed by atoms with Crippen LogP contribution in [-0.4, -0.2) is 36.6 Å². The number of hydrazone groups is 1. The largest absolute Gasteiger partial charge is 0.464 e. The number of para-hydroxylation sites is 1. The molecule has 0 radical (unpaired) electrons. The molecule has 0 aliphatic carbocycles. The lowest BCUT2D eigenvalue weighted by Gasteiger charge is -2.22. The predicted molar refractivity (Wildman–Crippen MR) is 107 cm³/mol. The quantitative estimate of drug-likeness (QED) is 0.517. The van der Waals surface area contributed by atoms with Crippen molar-refractivity contribution < 1.29 is 19.1 Å². The number of methoxy groups -OCH3 is 1. The summed E-state index contributed by atoms with van der Waals surface area (Å²) in [6.45, 7) is 0. The van der Waals surface area contributed by atoms with Gasteiger partial charge in [0, 0.05) is 4.47 Å². The summed E-state index contributed by atoms with van der Waals surface area (Å²) >= 11 is 9.60. The Hall–Kier alpha value is -2.71. The van der Waals surface area contributed by atoms with Gasteiger partial charge in [-0.1, -0.05) is 39.7 Å². The lowest BCUT2D eigenvalue weighted by Crippen LogP contribution is -2.39. The molecule has 1 fully saturated rings. The summed E-state index contributed by atoms with van der Waals surface area (Å²) in [6.07, 6.45) is 0. The average molecular weight is 463 g/mol. The van der Waals surface area contributed by atoms with E-state index >= 15 is 0 Å². The minimum Gasteiger partial charge on any atom is -0.464 e. The molecule has 2 amide bonds. The predicted octanol–water partition coefficient (Wildman–Crippen LogP) is 3.01. The van der Waals surface area contributed by atoms with Crippen molar-refractivity contribution in [1.82, 2.24) is 0 Å². The van der Waals surface area contributed by atoms with Crippen LogP contribution in [0.5, 0.6) is 0 Å². The van der Waals surface area contributed by atoms with Crippen LogP contribution in [0.2, 0.25) is 5.02 Å². The standard InChI is InChI=1S/C19H13BrClN3O4/c1-28-19(27)15-14-16(24(22-15)13-5-3-2-4-12(13)21)18(26)23(17(14)25)11-8-6-10(20)7-9-11/h2-9,14,16H,1H3/t14-,16-/m1/s1. The van der Waals surface area contributed by atoms with Gasteiger partial charge in [0.1, 0.15) is 12.0 Å². The molecule has 0 N–H and O–H groups in total. The van der Waals surface area contributed by atoms with Gasteiger partial charge in [-0.3, -0.25) is 9.59 Å². The highest BCUT2D eigenvalue weighted by atomic mass is 79.9. The first-order chi connectivity index (χ1) is 13.4. The molecule has 2 aromatic carbocycles. The normalized spacial score (nSPS) is 21.0. The molecule has 2 aliphatic heterocycles. The van der Waals surface area contributed by atoms with Gasteiger partial charge in [0.05, 0.1) is 23.5 Å². The van der Waals surface area contributed by atoms with E-state index in [0.29, 0.717) is 16.4 Å². The first-order valence-electron chi connectivity index (χ1n) is 8.28. The third kappa shape index (κ3) is 2.80. The van der Waals surface area contributed by atoms with Crippen molar-refractivity contribution in [3.63, 3.8) is 0 Å². The molecule has 28 heavy (non-hydrogen) atoms. The minimum atomic E-state index is -1.07. The van der Waals surface area contributed by atoms with Crippen LogP contribution in [0.15, 0.2) is 58.1 Å². The van der Waals surface area contributed by atoms with Gasteiger partial charge in [-0.2, -0.15) is 5.10 Å². The van der Waals surface area contributed by atoms with Crippen molar-refractivity contribution >= 4 is 62.4 Å². The summed E-state index contributed by atoms with van der Waals surface area (Å²) in [5.74, 6) is -2.85. The number of amides is 2. The maximum Gasteiger partial charge on any atom is 0.355 e. The summed E-state index contributed by atoms with van der Waals surface area (Å²) in [4.78, 5) is 39.7. The molecule has 0 saturated carbocycles. The van der Waals surface area contributed by atoms with Crippen LogP contribution < -0.4 is 9.91 Å². The number of benzene rings is 2. The van der Waals surface area contributed by atoms with Crippen molar-refractivity contribution in [2.45, 2.75) is 6.04 Å². The number of hydrogen-bond donors (Lipinski definition) is 0. The molecular formula is C19H13BrClN3O4. The average Bonchev–Trinajstić information content (AvgIpc) is 3.20. The lowest BCUT2D eigenvalue weighted by molar-refractivity contribution is -0.133. The van der Waals surface area contributed by atoms with Crippen LogP contribution in [0.3, 0.4) is 0 Å². The summed E-state index contributed by atoms with van der Waals surface area (Å²) in [5.41, 5.74) is 0.721. The molecule has 4 rings (SSSR count). The molecule has 9 heteroatoms. The molecule has 0 bridgehead atoms. The van der Waals surface area contributed by atoms with Crippen LogP contribution in [-0.2, 0) is 19.1 Å². The fraction of sp³-hybridized carbons (Fsp3) is 0.158. The van der Waals surface area contributed by atoms with E-state index in [9.17, 15) is 14.4 Å². The molecule has 2 aromatic rings. The fourth-order valence-corrected chi connectivity index (χ4v) is 3.86. The van der Waals surface area contributed by atoms with Gasteiger partial charge in [0.2, 0.25) is 5.91 Å². The minimum absolute atomic E-state index is 0.120. The maximum absolute atomic E-state index is 13.2. The highest BCUT2D eigenvalue weighted by Crippen LogP contribution is 2.40. The number of hydrogen-bond acceptors (Lipinski definition) is 6. The number of esters is 1. The Morgan fingerprint density at radius 2 is 1.79 bits per heavy atom. The molecule has 2 atom stereocenters. The van der Waals surface area contributed by atoms with Crippen molar-refractivity contribution in [2.75, 3.05) is 17.0 Å². The second-order valence-electron chi connectivity index (χ2n) is 6.18. The van der Waals surface area contributed by atoms with E-state index in [1.54, 1.807) is 48.5 Å². The van der Waals surface area contributed by atoms with Crippen LogP contribution >= 0.6 is 27.5 Å². The van der Waals surface area contributed by atoms with Crippen LogP contribution in [0.4, 0.5) is 11.4 Å². The van der Waals surface area contributed by atoms with Crippen molar-refractivity contribution in [2.24, 2.45) is 11.0 Å². The Morgan fingerprint density at radius 1 is 1.11 bits per heavy atom. The number of fused-ring (bicyclic) bond motifs is 1. The second kappa shape index (κ2) is 7.03. The van der Waals surface area contributed by atoms with Gasteiger partial charge >= 0.3 is 5.97 Å². The highest BCUT2D eigenvalue weighted by molar-refractivity contribution is 9.10. The number of halogens is 2. The van der Waals surface area contributed by atoms with E-state index in [1.165, 1.54) is 12.1 Å². The first-order valence-corrected chi connectivity index (χ1v) is 9.45. The third-order valence-electron chi connectivity index (χ3n) is 4.63. The maximum atomic E-state index is 13.2. The molecular weight excluding hydrogens is 450 g/mol. The molecule has 1 saturated heterocycles. The summed E-state index contributed by atoms with van der Waals surface area (Å²) in [6, 6.07) is 12.5. The van der Waals surface area contributed by atoms with Gasteiger partial charge < -0.3 is 4.74 Å². The van der Waals surface area contributed by atoms with E-state index < -0.39 is 29.7 Å². The van der Waals surface area contributed by atoms with Gasteiger partial charge in [-0.25, -0.2) is 14.7 Å². The zero-order valence-electron chi connectivity index (χ0n) is 14.5. The first kappa shape index (κ1) is 18.6. The molecule has 7 nitrogen and oxygen atoms in total. The number of anilines is 2. The van der Waals surface area contributed by atoms with Crippen molar-refractivity contribution in [3.05, 3.63) is 58.0 Å². The number of nitrogens with zero attached hydrogens (tertiary/aromatic N) is 3. The molecule has 0 spiro atoms. The Labute approximate surface area is 173 Å². The number of rotatable bonds is 3. The Morgan fingerprint density at radius 3 is 2.43 bits per heavy atom. The molecule has 0 aromatic heterocycles. The van der Waals surface area contributed by atoms with Gasteiger partial charge in [0.15, 0.2) is 5.71 Å². The van der Waals surface area contributed by atoms with Gasteiger partial charge in [-0.05, 0) is 36.4 Å². The van der Waals surface area contributed by atoms with Gasteiger partial charge in [0.25, 0.3) is 5.91 Å². The van der Waals surface area contributed by atoms with Crippen LogP contribution in [0.1, 0.15) is 0 Å². The van der Waals surface area contributed by atoms with E-state index in [-0.39, 0.29) is 5.71 Å². The molecule has 2 aliphatic rings. The summed E-state index contributed by atoms with van der Waals surface area (Å²) in [5, 5.41) is 5.91. The number of ether oxygens (including phenoxy) is 1. The van der Waals surface area contributed by atoms with Gasteiger partial charge in [-0.15, -0.1) is 0 Å². The lowest BCUT2D eigenvalue weighted by atomic mass is 9.98. The smallest absolute Gasteiger partial charge is 0.355 e. The van der Waals surface area contributed by atoms with E-state index in [1.807, 2.05) is 0 Å². The summed E-state index contributed by atoms with van der Waals surface area (Å²) in [7, 11) is 1.20. The molecule has 142 valence electrons. The Balaban J connectivity index is 1.82. The number of imide groups is 1. The van der Waals surface area contributed by atoms with E-state index in [0.717, 1.165) is 9.37 Å². The Kier molecular flexibility index (Phi) is 4.68. The monoisotopic (exact) mass is 461 g/mol. The Bertz CT molecular complexity index is 1020. The van der Waals surface area contributed by atoms with Crippen LogP contribution in [0, 0.1) is 5.92 Å². The van der Waals surface area contributed by atoms with Crippen molar-refractivity contribution in [3.8, 4) is 0 Å². The molecule has 0 unspecified atom stereocenters. The van der Waals surface area contributed by atoms with Crippen molar-refractivity contribution in [1.29, 1.82) is 0 Å². The zero-order valence-corrected chi connectivity index (χ0v) is 16.8. The topological polar surface area (TPSA) is 79.3 Å².